The van der Waals surface area contributed by atoms with E-state index in [1.54, 1.807) is 7.11 Å². The Labute approximate surface area is 230 Å². The predicted octanol–water partition coefficient (Wildman–Crippen LogP) is 5.60. The molecule has 3 aromatic carbocycles. The normalized spacial score (nSPS) is 10.8. The standard InChI is InChI=1S/C32H37N3O4/c1-5-9-25-15-16-28(30(21-25)37-4)38-19-18-35-27-11-7-6-10-26(27)34-31(35)12-8-17-33-32(36)22-39-29-20-23(2)13-14-24(29)3/h5-7,10-11,13-16,20-21H,1,8-9,12,17-19,22H2,2-4H3,(H,33,36). The zero-order chi connectivity index (χ0) is 27.6. The molecule has 204 valence electrons. The van der Waals surface area contributed by atoms with Crippen LogP contribution in [-0.2, 0) is 24.2 Å². The smallest absolute Gasteiger partial charge is 0.257 e. The molecule has 0 unspecified atom stereocenters. The van der Waals surface area contributed by atoms with E-state index >= 15 is 0 Å². The molecule has 7 nitrogen and oxygen atoms in total. The van der Waals surface area contributed by atoms with Crippen molar-refractivity contribution < 1.29 is 19.0 Å². The van der Waals surface area contributed by atoms with Gasteiger partial charge in [-0.05, 0) is 73.7 Å². The van der Waals surface area contributed by atoms with Crippen molar-refractivity contribution in [3.8, 4) is 17.2 Å². The van der Waals surface area contributed by atoms with Gasteiger partial charge >= 0.3 is 0 Å². The fourth-order valence-electron chi connectivity index (χ4n) is 4.47. The van der Waals surface area contributed by atoms with Crippen LogP contribution in [0.2, 0.25) is 0 Å². The van der Waals surface area contributed by atoms with Crippen LogP contribution in [0.15, 0.2) is 73.3 Å². The highest BCUT2D eigenvalue weighted by Crippen LogP contribution is 2.28. The van der Waals surface area contributed by atoms with E-state index in [1.807, 2.05) is 74.5 Å². The zero-order valence-corrected chi connectivity index (χ0v) is 23.0. The number of aryl methyl sites for hydroxylation is 3. The molecule has 4 aromatic rings. The number of methoxy groups -OCH3 is 1. The maximum absolute atomic E-state index is 12.3. The monoisotopic (exact) mass is 527 g/mol. The molecule has 1 aromatic heterocycles. The van der Waals surface area contributed by atoms with Gasteiger partial charge in [-0.2, -0.15) is 0 Å². The van der Waals surface area contributed by atoms with E-state index in [9.17, 15) is 4.79 Å². The second-order valence-electron chi connectivity index (χ2n) is 9.51. The molecule has 1 N–H and O–H groups in total. The van der Waals surface area contributed by atoms with E-state index in [2.05, 4.69) is 22.5 Å². The van der Waals surface area contributed by atoms with Gasteiger partial charge < -0.3 is 24.1 Å². The lowest BCUT2D eigenvalue weighted by Crippen LogP contribution is -2.30. The molecule has 1 amide bonds. The van der Waals surface area contributed by atoms with Gasteiger partial charge in [0.25, 0.3) is 5.91 Å². The van der Waals surface area contributed by atoms with Gasteiger partial charge in [0, 0.05) is 13.0 Å². The highest BCUT2D eigenvalue weighted by atomic mass is 16.5. The van der Waals surface area contributed by atoms with Crippen LogP contribution in [0.25, 0.3) is 11.0 Å². The number of nitrogens with one attached hydrogen (secondary N) is 1. The van der Waals surface area contributed by atoms with Gasteiger partial charge in [-0.15, -0.1) is 6.58 Å². The van der Waals surface area contributed by atoms with Crippen LogP contribution < -0.4 is 19.5 Å². The number of carbonyl (C=O) groups excluding carboxylic acids is 1. The minimum Gasteiger partial charge on any atom is -0.493 e. The first kappa shape index (κ1) is 27.8. The van der Waals surface area contributed by atoms with E-state index in [1.165, 1.54) is 0 Å². The van der Waals surface area contributed by atoms with E-state index in [0.717, 1.165) is 58.6 Å². The molecule has 0 saturated carbocycles. The maximum atomic E-state index is 12.3. The first-order valence-corrected chi connectivity index (χ1v) is 13.3. The number of imidazole rings is 1. The summed E-state index contributed by atoms with van der Waals surface area (Å²) in [5, 5.41) is 2.96. The third-order valence-corrected chi connectivity index (χ3v) is 6.52. The number of aromatic nitrogens is 2. The van der Waals surface area contributed by atoms with Gasteiger partial charge in [0.1, 0.15) is 18.2 Å². The molecule has 0 bridgehead atoms. The third kappa shape index (κ3) is 7.41. The fraction of sp³-hybridized carbons (Fsp3) is 0.312. The molecule has 0 radical (unpaired) electrons. The summed E-state index contributed by atoms with van der Waals surface area (Å²) in [7, 11) is 1.65. The van der Waals surface area contributed by atoms with Gasteiger partial charge in [0.15, 0.2) is 18.1 Å². The molecule has 0 atom stereocenters. The van der Waals surface area contributed by atoms with Gasteiger partial charge in [0.05, 0.1) is 24.7 Å². The average Bonchev–Trinajstić information content (AvgIpc) is 3.29. The zero-order valence-electron chi connectivity index (χ0n) is 23.0. The Bertz CT molecular complexity index is 1430. The number of carbonyl (C=O) groups is 1. The van der Waals surface area contributed by atoms with Crippen molar-refractivity contribution in [2.75, 3.05) is 26.9 Å². The molecule has 7 heteroatoms. The number of para-hydroxylation sites is 2. The van der Waals surface area contributed by atoms with Gasteiger partial charge in [-0.25, -0.2) is 4.98 Å². The first-order chi connectivity index (χ1) is 19.0. The molecule has 0 spiro atoms. The van der Waals surface area contributed by atoms with Crippen LogP contribution in [0.3, 0.4) is 0 Å². The van der Waals surface area contributed by atoms with E-state index < -0.39 is 0 Å². The Hall–Kier alpha value is -4.26. The number of fused-ring (bicyclic) bond motifs is 1. The lowest BCUT2D eigenvalue weighted by molar-refractivity contribution is -0.123. The lowest BCUT2D eigenvalue weighted by Gasteiger charge is -2.14. The van der Waals surface area contributed by atoms with Crippen molar-refractivity contribution in [1.82, 2.24) is 14.9 Å². The van der Waals surface area contributed by atoms with Crippen molar-refractivity contribution in [1.29, 1.82) is 0 Å². The summed E-state index contributed by atoms with van der Waals surface area (Å²) >= 11 is 0. The van der Waals surface area contributed by atoms with E-state index in [4.69, 9.17) is 19.2 Å². The fourth-order valence-corrected chi connectivity index (χ4v) is 4.47. The van der Waals surface area contributed by atoms with Crippen LogP contribution in [0, 0.1) is 13.8 Å². The molecule has 0 fully saturated rings. The average molecular weight is 528 g/mol. The SMILES string of the molecule is C=CCc1ccc(OCCn2c(CCCNC(=O)COc3cc(C)ccc3C)nc3ccccc32)c(OC)c1. The van der Waals surface area contributed by atoms with Crippen molar-refractivity contribution >= 4 is 16.9 Å². The lowest BCUT2D eigenvalue weighted by atomic mass is 10.1. The Morgan fingerprint density at radius 3 is 2.69 bits per heavy atom. The minimum atomic E-state index is -0.133. The quantitative estimate of drug-likeness (QED) is 0.171. The Morgan fingerprint density at radius 1 is 1.03 bits per heavy atom. The van der Waals surface area contributed by atoms with E-state index in [0.29, 0.717) is 31.2 Å². The summed E-state index contributed by atoms with van der Waals surface area (Å²) in [6.07, 6.45) is 4.14. The topological polar surface area (TPSA) is 74.6 Å². The largest absolute Gasteiger partial charge is 0.493 e. The summed E-state index contributed by atoms with van der Waals surface area (Å²) in [6.45, 7) is 9.43. The van der Waals surface area contributed by atoms with Crippen LogP contribution >= 0.6 is 0 Å². The van der Waals surface area contributed by atoms with Gasteiger partial charge in [0.2, 0.25) is 0 Å². The number of benzene rings is 3. The number of nitrogens with zero attached hydrogens (tertiary/aromatic N) is 2. The van der Waals surface area contributed by atoms with Crippen LogP contribution in [-0.4, -0.2) is 42.3 Å². The molecule has 0 aliphatic carbocycles. The number of rotatable bonds is 14. The predicted molar refractivity (Wildman–Crippen MR) is 155 cm³/mol. The summed E-state index contributed by atoms with van der Waals surface area (Å²) < 4.78 is 19.5. The molecular formula is C32H37N3O4. The Kier molecular flexibility index (Phi) is 9.62. The van der Waals surface area contributed by atoms with Crippen LogP contribution in [0.4, 0.5) is 0 Å². The number of allylic oxidation sites excluding steroid dienone is 1. The third-order valence-electron chi connectivity index (χ3n) is 6.52. The second kappa shape index (κ2) is 13.5. The molecule has 1 heterocycles. The second-order valence-corrected chi connectivity index (χ2v) is 9.51. The van der Waals surface area contributed by atoms with Crippen LogP contribution in [0.5, 0.6) is 17.2 Å². The number of hydrogen-bond acceptors (Lipinski definition) is 5. The highest BCUT2D eigenvalue weighted by Gasteiger charge is 2.12. The summed E-state index contributed by atoms with van der Waals surface area (Å²) in [5.41, 5.74) is 5.26. The first-order valence-electron chi connectivity index (χ1n) is 13.3. The maximum Gasteiger partial charge on any atom is 0.257 e. The Balaban J connectivity index is 1.31. The van der Waals surface area contributed by atoms with Crippen molar-refractivity contribution in [3.05, 3.63) is 95.8 Å². The number of amides is 1. The molecular weight excluding hydrogens is 490 g/mol. The minimum absolute atomic E-state index is 0.00181. The van der Waals surface area contributed by atoms with Crippen molar-refractivity contribution in [3.63, 3.8) is 0 Å². The molecule has 0 saturated heterocycles. The molecule has 4 rings (SSSR count). The molecule has 0 aliphatic heterocycles. The summed E-state index contributed by atoms with van der Waals surface area (Å²) in [4.78, 5) is 17.2. The Morgan fingerprint density at radius 2 is 1.87 bits per heavy atom. The summed E-state index contributed by atoms with van der Waals surface area (Å²) in [6, 6.07) is 20.0. The van der Waals surface area contributed by atoms with Crippen molar-refractivity contribution in [2.45, 2.75) is 39.7 Å². The van der Waals surface area contributed by atoms with Crippen LogP contribution in [0.1, 0.15) is 28.9 Å². The van der Waals surface area contributed by atoms with E-state index in [-0.39, 0.29) is 12.5 Å². The molecule has 0 aliphatic rings. The molecule has 39 heavy (non-hydrogen) atoms. The van der Waals surface area contributed by atoms with Gasteiger partial charge in [-0.1, -0.05) is 36.4 Å². The number of ether oxygens (including phenoxy) is 3. The highest BCUT2D eigenvalue weighted by molar-refractivity contribution is 5.77. The number of hydrogen-bond donors (Lipinski definition) is 1. The van der Waals surface area contributed by atoms with Gasteiger partial charge in [-0.3, -0.25) is 4.79 Å². The van der Waals surface area contributed by atoms with Crippen molar-refractivity contribution in [2.24, 2.45) is 0 Å². The summed E-state index contributed by atoms with van der Waals surface area (Å²) in [5.74, 6) is 3.00.